The normalized spacial score (nSPS) is 33.8. The molecule has 0 spiro atoms. The van der Waals surface area contributed by atoms with Crippen molar-refractivity contribution in [1.29, 1.82) is 0 Å². The minimum Gasteiger partial charge on any atom is -0.463 e. The molecule has 288 valence electrons. The topological polar surface area (TPSA) is 137 Å². The molecule has 0 saturated heterocycles. The van der Waals surface area contributed by atoms with E-state index in [2.05, 4.69) is 4.74 Å². The molecular weight excluding hydrogens is 717 g/mol. The first-order chi connectivity index (χ1) is 24.4. The summed E-state index contributed by atoms with van der Waals surface area (Å²) < 4.78 is 114. The van der Waals surface area contributed by atoms with E-state index in [0.717, 1.165) is 89.2 Å². The van der Waals surface area contributed by atoms with Gasteiger partial charge in [0.1, 0.15) is 13.2 Å². The molecule has 8 bridgehead atoms. The minimum absolute atomic E-state index is 0.00865. The van der Waals surface area contributed by atoms with E-state index in [4.69, 9.17) is 14.0 Å². The number of anilines is 1. The number of esters is 3. The van der Waals surface area contributed by atoms with Crippen LogP contribution in [0.3, 0.4) is 0 Å². The van der Waals surface area contributed by atoms with Crippen molar-refractivity contribution in [3.05, 3.63) is 29.8 Å². The highest BCUT2D eigenvalue weighted by molar-refractivity contribution is 7.86. The summed E-state index contributed by atoms with van der Waals surface area (Å²) in [6, 6.07) is 4.63. The van der Waals surface area contributed by atoms with Crippen LogP contribution in [0.4, 0.5) is 27.6 Å². The van der Waals surface area contributed by atoms with Gasteiger partial charge in [-0.15, -0.1) is 0 Å². The van der Waals surface area contributed by atoms with Crippen LogP contribution < -0.4 is 4.90 Å². The fourth-order valence-corrected chi connectivity index (χ4v) is 11.8. The van der Waals surface area contributed by atoms with Crippen LogP contribution in [-0.4, -0.2) is 74.7 Å². The molecule has 9 rings (SSSR count). The molecule has 10 nitrogen and oxygen atoms in total. The monoisotopic (exact) mass is 761 g/mol. The van der Waals surface area contributed by atoms with Gasteiger partial charge in [0, 0.05) is 5.69 Å². The van der Waals surface area contributed by atoms with Crippen LogP contribution in [0, 0.1) is 46.3 Å². The zero-order chi connectivity index (χ0) is 37.3. The van der Waals surface area contributed by atoms with E-state index in [1.807, 2.05) is 0 Å². The standard InChI is InChI=1S/C36H44F5NO9S/c37-35(38,39)30(36(40,41)52(46,47)48)51-29(43)27-1-3-28(4-2-27)42(5-7-49-31(44)33-15-21-9-22(16-33)11-23(10-21)17-33)6-8-50-32(45)34-18-24-12-25(19-34)14-26(13-24)20-34/h1-4,21-26,30H,5-20H2,(H,46,47,48). The Morgan fingerprint density at radius 3 is 1.40 bits per heavy atom. The van der Waals surface area contributed by atoms with Crippen molar-refractivity contribution < 1.29 is 63.5 Å². The number of carbonyl (C=O) groups excluding carboxylic acids is 3. The number of halogens is 5. The highest BCUT2D eigenvalue weighted by atomic mass is 32.2. The third-order valence-electron chi connectivity index (χ3n) is 12.8. The molecule has 8 saturated carbocycles. The summed E-state index contributed by atoms with van der Waals surface area (Å²) in [7, 11) is -6.60. The van der Waals surface area contributed by atoms with Crippen LogP contribution in [0.25, 0.3) is 0 Å². The number of carbonyl (C=O) groups is 3. The number of hydrogen-bond acceptors (Lipinski definition) is 9. The van der Waals surface area contributed by atoms with Crippen molar-refractivity contribution in [2.45, 2.75) is 94.6 Å². The van der Waals surface area contributed by atoms with E-state index < -0.39 is 50.0 Å². The summed E-state index contributed by atoms with van der Waals surface area (Å²) in [5, 5.41) is -5.86. The van der Waals surface area contributed by atoms with Crippen LogP contribution >= 0.6 is 0 Å². The van der Waals surface area contributed by atoms with E-state index in [-0.39, 0.29) is 38.2 Å². The molecule has 0 aromatic heterocycles. The van der Waals surface area contributed by atoms with Crippen LogP contribution in [0.2, 0.25) is 0 Å². The Labute approximate surface area is 298 Å². The maximum atomic E-state index is 14.0. The van der Waals surface area contributed by atoms with Crippen LogP contribution in [0.15, 0.2) is 24.3 Å². The second-order valence-corrected chi connectivity index (χ2v) is 18.1. The smallest absolute Gasteiger partial charge is 0.432 e. The molecule has 1 N–H and O–H groups in total. The Morgan fingerprint density at radius 1 is 0.712 bits per heavy atom. The lowest BCUT2D eigenvalue weighted by molar-refractivity contribution is -0.248. The van der Waals surface area contributed by atoms with Gasteiger partial charge >= 0.3 is 39.5 Å². The Bertz CT molecular complexity index is 1530. The Balaban J connectivity index is 1.02. The van der Waals surface area contributed by atoms with Gasteiger partial charge in [0.25, 0.3) is 6.10 Å². The molecule has 52 heavy (non-hydrogen) atoms. The van der Waals surface area contributed by atoms with E-state index in [1.54, 1.807) is 4.90 Å². The van der Waals surface area contributed by atoms with Crippen molar-refractivity contribution in [1.82, 2.24) is 0 Å². The van der Waals surface area contributed by atoms with Crippen molar-refractivity contribution in [2.75, 3.05) is 31.2 Å². The van der Waals surface area contributed by atoms with Crippen LogP contribution in [0.5, 0.6) is 0 Å². The van der Waals surface area contributed by atoms with Gasteiger partial charge in [-0.1, -0.05) is 0 Å². The number of benzene rings is 1. The molecule has 1 aromatic rings. The molecular formula is C36H44F5NO9S. The molecule has 8 aliphatic carbocycles. The average Bonchev–Trinajstić information content (AvgIpc) is 3.04. The summed E-state index contributed by atoms with van der Waals surface area (Å²) in [5.74, 6) is 0.870. The Morgan fingerprint density at radius 2 is 1.08 bits per heavy atom. The lowest BCUT2D eigenvalue weighted by atomic mass is 9.49. The van der Waals surface area contributed by atoms with Crippen molar-refractivity contribution >= 4 is 33.7 Å². The lowest BCUT2D eigenvalue weighted by Gasteiger charge is -2.55. The van der Waals surface area contributed by atoms with E-state index in [1.165, 1.54) is 12.1 Å². The van der Waals surface area contributed by atoms with Crippen molar-refractivity contribution in [3.63, 3.8) is 0 Å². The summed E-state index contributed by atoms with van der Waals surface area (Å²) in [4.78, 5) is 41.2. The van der Waals surface area contributed by atoms with Gasteiger partial charge in [-0.2, -0.15) is 30.4 Å². The Kier molecular flexibility index (Phi) is 9.60. The molecule has 8 fully saturated rings. The second kappa shape index (κ2) is 13.4. The molecule has 0 aliphatic heterocycles. The molecule has 1 aromatic carbocycles. The maximum absolute atomic E-state index is 14.0. The third kappa shape index (κ3) is 7.14. The van der Waals surface area contributed by atoms with E-state index in [9.17, 15) is 44.8 Å². The van der Waals surface area contributed by atoms with Crippen LogP contribution in [-0.2, 0) is 33.9 Å². The number of alkyl halides is 5. The molecule has 1 atom stereocenters. The van der Waals surface area contributed by atoms with Gasteiger partial charge in [-0.25, -0.2) is 4.79 Å². The summed E-state index contributed by atoms with van der Waals surface area (Å²) >= 11 is 0. The molecule has 0 radical (unpaired) electrons. The maximum Gasteiger partial charge on any atom is 0.432 e. The highest BCUT2D eigenvalue weighted by Gasteiger charge is 2.66. The molecule has 1 unspecified atom stereocenters. The zero-order valence-corrected chi connectivity index (χ0v) is 29.4. The number of hydrogen-bond donors (Lipinski definition) is 1. The van der Waals surface area contributed by atoms with E-state index in [0.29, 0.717) is 41.2 Å². The first kappa shape index (κ1) is 37.3. The van der Waals surface area contributed by atoms with Gasteiger partial charge in [0.15, 0.2) is 0 Å². The van der Waals surface area contributed by atoms with Gasteiger partial charge < -0.3 is 19.1 Å². The largest absolute Gasteiger partial charge is 0.463 e. The molecule has 0 heterocycles. The number of rotatable bonds is 13. The molecule has 8 aliphatic rings. The lowest BCUT2D eigenvalue weighted by Crippen LogP contribution is -2.52. The first-order valence-electron chi connectivity index (χ1n) is 18.2. The quantitative estimate of drug-likeness (QED) is 0.102. The van der Waals surface area contributed by atoms with Crippen molar-refractivity contribution in [3.8, 4) is 0 Å². The highest BCUT2D eigenvalue weighted by Crippen LogP contribution is 2.61. The van der Waals surface area contributed by atoms with E-state index >= 15 is 0 Å². The fraction of sp³-hybridized carbons (Fsp3) is 0.750. The Hall–Kier alpha value is -3.01. The fourth-order valence-electron chi connectivity index (χ4n) is 11.3. The first-order valence-corrected chi connectivity index (χ1v) is 19.6. The predicted molar refractivity (Wildman–Crippen MR) is 174 cm³/mol. The molecule has 16 heteroatoms. The second-order valence-electron chi connectivity index (χ2n) is 16.6. The number of nitrogens with zero attached hydrogens (tertiary/aromatic N) is 1. The minimum atomic E-state index is -6.60. The van der Waals surface area contributed by atoms with Gasteiger partial charge in [0.05, 0.1) is 29.5 Å². The SMILES string of the molecule is O=C(OC(C(F)(F)F)C(F)(F)S(=O)(=O)O)c1ccc(N(CCOC(=O)C23CC4CC(CC(C4)C2)C3)CCOC(=O)C23CC4CC(CC(C4)C2)C3)cc1. The number of ether oxygens (including phenoxy) is 3. The van der Waals surface area contributed by atoms with Gasteiger partial charge in [-0.05, 0) is 137 Å². The summed E-state index contributed by atoms with van der Waals surface area (Å²) in [6.45, 7) is 0.275. The van der Waals surface area contributed by atoms with Gasteiger partial charge in [-0.3, -0.25) is 14.1 Å². The van der Waals surface area contributed by atoms with Crippen molar-refractivity contribution in [2.24, 2.45) is 46.3 Å². The average molecular weight is 762 g/mol. The summed E-state index contributed by atoms with van der Waals surface area (Å²) in [5.41, 5.74) is -1.17. The third-order valence-corrected chi connectivity index (χ3v) is 13.7. The van der Waals surface area contributed by atoms with Gasteiger partial charge in [0.2, 0.25) is 0 Å². The zero-order valence-electron chi connectivity index (χ0n) is 28.6. The predicted octanol–water partition coefficient (Wildman–Crippen LogP) is 6.58. The van der Waals surface area contributed by atoms with Crippen LogP contribution in [0.1, 0.15) is 87.4 Å². The molecule has 0 amide bonds. The summed E-state index contributed by atoms with van der Waals surface area (Å²) in [6.07, 6.45) is 1.39.